The van der Waals surface area contributed by atoms with Gasteiger partial charge in [0, 0.05) is 12.2 Å². The van der Waals surface area contributed by atoms with E-state index in [1.807, 2.05) is 0 Å². The van der Waals surface area contributed by atoms with E-state index in [0.717, 1.165) is 16.7 Å². The smallest absolute Gasteiger partial charge is 0.329 e. The van der Waals surface area contributed by atoms with Gasteiger partial charge in [0.2, 0.25) is 5.91 Å². The van der Waals surface area contributed by atoms with Gasteiger partial charge in [0.15, 0.2) is 0 Å². The molecule has 1 heterocycles. The van der Waals surface area contributed by atoms with E-state index < -0.39 is 12.0 Å². The SMILES string of the molecule is CCC(=O)N1C(=O)SC[C@H]1C(=O)OC. The van der Waals surface area contributed by atoms with E-state index in [0.29, 0.717) is 0 Å². The highest BCUT2D eigenvalue weighted by Crippen LogP contribution is 2.25. The fourth-order valence-electron chi connectivity index (χ4n) is 1.18. The molecule has 1 aliphatic rings. The predicted octanol–water partition coefficient (Wildman–Crippen LogP) is 0.633. The second kappa shape index (κ2) is 4.45. The zero-order valence-electron chi connectivity index (χ0n) is 7.98. The number of imide groups is 1. The van der Waals surface area contributed by atoms with Gasteiger partial charge in [0.05, 0.1) is 7.11 Å². The second-order valence-corrected chi connectivity index (χ2v) is 3.70. The number of rotatable bonds is 2. The van der Waals surface area contributed by atoms with Crippen molar-refractivity contribution in [3.05, 3.63) is 0 Å². The summed E-state index contributed by atoms with van der Waals surface area (Å²) in [5.41, 5.74) is 0. The first-order valence-corrected chi connectivity index (χ1v) is 5.17. The van der Waals surface area contributed by atoms with Crippen LogP contribution in [0.25, 0.3) is 0 Å². The van der Waals surface area contributed by atoms with Crippen molar-refractivity contribution >= 4 is 28.9 Å². The molecule has 5 nitrogen and oxygen atoms in total. The molecule has 1 rings (SSSR count). The quantitative estimate of drug-likeness (QED) is 0.635. The van der Waals surface area contributed by atoms with Crippen molar-refractivity contribution in [1.29, 1.82) is 0 Å². The Morgan fingerprint density at radius 1 is 1.64 bits per heavy atom. The Labute approximate surface area is 85.8 Å². The van der Waals surface area contributed by atoms with Crippen LogP contribution in [0.15, 0.2) is 0 Å². The predicted molar refractivity (Wildman–Crippen MR) is 50.8 cm³/mol. The van der Waals surface area contributed by atoms with Crippen LogP contribution >= 0.6 is 11.8 Å². The van der Waals surface area contributed by atoms with E-state index >= 15 is 0 Å². The van der Waals surface area contributed by atoms with Gasteiger partial charge in [0.25, 0.3) is 5.24 Å². The molecule has 0 radical (unpaired) electrons. The van der Waals surface area contributed by atoms with E-state index in [4.69, 9.17) is 0 Å². The topological polar surface area (TPSA) is 63.7 Å². The Kier molecular flexibility index (Phi) is 3.51. The van der Waals surface area contributed by atoms with Crippen molar-refractivity contribution in [2.75, 3.05) is 12.9 Å². The summed E-state index contributed by atoms with van der Waals surface area (Å²) in [6, 6.07) is -0.745. The minimum atomic E-state index is -0.745. The van der Waals surface area contributed by atoms with E-state index in [1.54, 1.807) is 6.92 Å². The van der Waals surface area contributed by atoms with E-state index in [1.165, 1.54) is 7.11 Å². The Balaban J connectivity index is 2.81. The normalized spacial score (nSPS) is 21.1. The molecule has 1 atom stereocenters. The summed E-state index contributed by atoms with van der Waals surface area (Å²) in [4.78, 5) is 34.8. The van der Waals surface area contributed by atoms with Gasteiger partial charge in [-0.1, -0.05) is 18.7 Å². The molecule has 14 heavy (non-hydrogen) atoms. The van der Waals surface area contributed by atoms with Crippen LogP contribution in [0.5, 0.6) is 0 Å². The molecule has 0 aromatic heterocycles. The molecule has 0 aromatic rings. The Morgan fingerprint density at radius 2 is 2.29 bits per heavy atom. The zero-order valence-corrected chi connectivity index (χ0v) is 8.80. The van der Waals surface area contributed by atoms with Crippen LogP contribution < -0.4 is 0 Å². The summed E-state index contributed by atoms with van der Waals surface area (Å²) < 4.78 is 4.51. The van der Waals surface area contributed by atoms with Crippen LogP contribution in [0.1, 0.15) is 13.3 Å². The van der Waals surface area contributed by atoms with Gasteiger partial charge in [0.1, 0.15) is 6.04 Å². The fourth-order valence-corrected chi connectivity index (χ4v) is 2.13. The number of nitrogens with zero attached hydrogens (tertiary/aromatic N) is 1. The van der Waals surface area contributed by atoms with Crippen LogP contribution in [0.2, 0.25) is 0 Å². The summed E-state index contributed by atoms with van der Waals surface area (Å²) in [5.74, 6) is -0.586. The molecular weight excluding hydrogens is 206 g/mol. The summed E-state index contributed by atoms with van der Waals surface area (Å²) >= 11 is 0.966. The van der Waals surface area contributed by atoms with Crippen LogP contribution in [0, 0.1) is 0 Å². The standard InChI is InChI=1S/C8H11NO4S/c1-3-6(10)9-5(7(11)13-2)4-14-8(9)12/h5H,3-4H2,1-2H3/t5-/m0/s1. The first-order valence-electron chi connectivity index (χ1n) is 4.18. The number of amides is 2. The molecule has 1 saturated heterocycles. The fraction of sp³-hybridized carbons (Fsp3) is 0.625. The second-order valence-electron chi connectivity index (χ2n) is 2.73. The number of carbonyl (C=O) groups is 3. The van der Waals surface area contributed by atoms with Gasteiger partial charge < -0.3 is 4.74 Å². The van der Waals surface area contributed by atoms with Crippen molar-refractivity contribution in [2.24, 2.45) is 0 Å². The molecule has 0 unspecified atom stereocenters. The molecule has 0 spiro atoms. The lowest BCUT2D eigenvalue weighted by atomic mass is 10.3. The van der Waals surface area contributed by atoms with Gasteiger partial charge in [-0.05, 0) is 0 Å². The molecule has 2 amide bonds. The van der Waals surface area contributed by atoms with Gasteiger partial charge in [-0.15, -0.1) is 0 Å². The van der Waals surface area contributed by atoms with E-state index in [9.17, 15) is 14.4 Å². The number of esters is 1. The maximum atomic E-state index is 11.3. The number of methoxy groups -OCH3 is 1. The monoisotopic (exact) mass is 217 g/mol. The van der Waals surface area contributed by atoms with E-state index in [2.05, 4.69) is 4.74 Å². The number of hydrogen-bond donors (Lipinski definition) is 0. The Hall–Kier alpha value is -1.04. The number of carbonyl (C=O) groups excluding carboxylic acids is 3. The minimum absolute atomic E-state index is 0.208. The maximum absolute atomic E-state index is 11.3. The van der Waals surface area contributed by atoms with Crippen molar-refractivity contribution in [1.82, 2.24) is 4.90 Å². The average Bonchev–Trinajstić information content (AvgIpc) is 2.58. The highest BCUT2D eigenvalue weighted by Gasteiger charge is 2.40. The lowest BCUT2D eigenvalue weighted by Gasteiger charge is -2.18. The zero-order chi connectivity index (χ0) is 10.7. The first-order chi connectivity index (χ1) is 6.61. The average molecular weight is 217 g/mol. The van der Waals surface area contributed by atoms with Crippen molar-refractivity contribution in [3.8, 4) is 0 Å². The summed E-state index contributed by atoms with van der Waals surface area (Å²) in [6.45, 7) is 1.65. The van der Waals surface area contributed by atoms with Gasteiger partial charge in [-0.3, -0.25) is 14.5 Å². The molecule has 0 saturated carbocycles. The molecule has 78 valence electrons. The van der Waals surface area contributed by atoms with Gasteiger partial charge in [-0.2, -0.15) is 0 Å². The minimum Gasteiger partial charge on any atom is -0.467 e. The summed E-state index contributed by atoms with van der Waals surface area (Å²) in [7, 11) is 1.24. The number of hydrogen-bond acceptors (Lipinski definition) is 5. The van der Waals surface area contributed by atoms with Crippen molar-refractivity contribution in [2.45, 2.75) is 19.4 Å². The molecule has 1 aliphatic heterocycles. The van der Waals surface area contributed by atoms with Crippen LogP contribution in [0.3, 0.4) is 0 Å². The maximum Gasteiger partial charge on any atom is 0.329 e. The third-order valence-corrected chi connectivity index (χ3v) is 2.84. The molecule has 0 aromatic carbocycles. The Bertz CT molecular complexity index is 279. The number of thioether (sulfide) groups is 1. The largest absolute Gasteiger partial charge is 0.467 e. The molecule has 6 heteroatoms. The molecule has 0 aliphatic carbocycles. The summed E-state index contributed by atoms with van der Waals surface area (Å²) in [6.07, 6.45) is 0.208. The lowest BCUT2D eigenvalue weighted by Crippen LogP contribution is -2.43. The Morgan fingerprint density at radius 3 is 2.79 bits per heavy atom. The van der Waals surface area contributed by atoms with Crippen LogP contribution in [-0.4, -0.2) is 40.9 Å². The van der Waals surface area contributed by atoms with Crippen LogP contribution in [-0.2, 0) is 14.3 Å². The number of ether oxygens (including phenoxy) is 1. The third kappa shape index (κ3) is 1.89. The van der Waals surface area contributed by atoms with Crippen LogP contribution in [0.4, 0.5) is 4.79 Å². The highest BCUT2D eigenvalue weighted by atomic mass is 32.2. The molecule has 1 fully saturated rings. The highest BCUT2D eigenvalue weighted by molar-refractivity contribution is 8.14. The molecule has 0 N–H and O–H groups in total. The van der Waals surface area contributed by atoms with Gasteiger partial charge >= 0.3 is 5.97 Å². The van der Waals surface area contributed by atoms with Crippen molar-refractivity contribution < 1.29 is 19.1 Å². The third-order valence-electron chi connectivity index (χ3n) is 1.92. The lowest BCUT2D eigenvalue weighted by molar-refractivity contribution is -0.148. The first kappa shape index (κ1) is 11.0. The molecular formula is C8H11NO4S. The van der Waals surface area contributed by atoms with E-state index in [-0.39, 0.29) is 23.3 Å². The van der Waals surface area contributed by atoms with Crippen molar-refractivity contribution in [3.63, 3.8) is 0 Å². The molecule has 0 bridgehead atoms. The van der Waals surface area contributed by atoms with Gasteiger partial charge in [-0.25, -0.2) is 4.79 Å². The summed E-state index contributed by atoms with van der Waals surface area (Å²) in [5, 5.41) is -0.368.